The molecular formula is C22H18N4O2. The normalized spacial score (nSPS) is 11.5. The average molecular weight is 370 g/mol. The van der Waals surface area contributed by atoms with E-state index in [1.807, 2.05) is 42.5 Å². The lowest BCUT2D eigenvalue weighted by Gasteiger charge is -2.03. The second-order valence-electron chi connectivity index (χ2n) is 6.38. The molecule has 1 aromatic heterocycles. The number of phenols is 1. The highest BCUT2D eigenvalue weighted by Gasteiger charge is 2.12. The second-order valence-corrected chi connectivity index (χ2v) is 6.38. The van der Waals surface area contributed by atoms with E-state index in [4.69, 9.17) is 0 Å². The van der Waals surface area contributed by atoms with Crippen LogP contribution in [0.25, 0.3) is 22.0 Å². The van der Waals surface area contributed by atoms with Crippen molar-refractivity contribution in [3.63, 3.8) is 0 Å². The number of H-pyrrole nitrogens is 1. The molecule has 3 aromatic carbocycles. The number of benzene rings is 3. The summed E-state index contributed by atoms with van der Waals surface area (Å²) in [4.78, 5) is 12.4. The van der Waals surface area contributed by atoms with E-state index in [-0.39, 0.29) is 5.75 Å². The zero-order valence-corrected chi connectivity index (χ0v) is 15.2. The van der Waals surface area contributed by atoms with Gasteiger partial charge in [0.2, 0.25) is 0 Å². The van der Waals surface area contributed by atoms with E-state index < -0.39 is 5.91 Å². The predicted octanol–water partition coefficient (Wildman–Crippen LogP) is 4.09. The third-order valence-corrected chi connectivity index (χ3v) is 4.49. The molecule has 4 rings (SSSR count). The molecule has 0 atom stereocenters. The Morgan fingerprint density at radius 2 is 1.75 bits per heavy atom. The van der Waals surface area contributed by atoms with Crippen LogP contribution < -0.4 is 5.43 Å². The summed E-state index contributed by atoms with van der Waals surface area (Å²) < 4.78 is 0. The summed E-state index contributed by atoms with van der Waals surface area (Å²) in [6, 6.07) is 22.6. The van der Waals surface area contributed by atoms with Crippen LogP contribution in [0.5, 0.6) is 5.75 Å². The molecule has 3 N–H and O–H groups in total. The third-order valence-electron chi connectivity index (χ3n) is 4.49. The lowest BCUT2D eigenvalue weighted by molar-refractivity contribution is 0.0950. The molecule has 28 heavy (non-hydrogen) atoms. The number of aromatic hydroxyl groups is 1. The van der Waals surface area contributed by atoms with E-state index in [0.717, 1.165) is 16.3 Å². The van der Waals surface area contributed by atoms with Crippen LogP contribution in [0, 0.1) is 0 Å². The van der Waals surface area contributed by atoms with Crippen molar-refractivity contribution >= 4 is 22.4 Å². The molecule has 1 heterocycles. The van der Waals surface area contributed by atoms with Crippen LogP contribution in [0.4, 0.5) is 0 Å². The molecule has 1 amide bonds. The highest BCUT2D eigenvalue weighted by Crippen LogP contribution is 2.23. The van der Waals surface area contributed by atoms with Crippen molar-refractivity contribution in [2.75, 3.05) is 0 Å². The van der Waals surface area contributed by atoms with Gasteiger partial charge in [-0.1, -0.05) is 48.5 Å². The molecule has 6 nitrogen and oxygen atoms in total. The van der Waals surface area contributed by atoms with E-state index >= 15 is 0 Å². The zero-order chi connectivity index (χ0) is 19.5. The van der Waals surface area contributed by atoms with Crippen LogP contribution in [0.1, 0.15) is 23.0 Å². The summed E-state index contributed by atoms with van der Waals surface area (Å²) in [6.45, 7) is 1.71. The number of rotatable bonds is 4. The van der Waals surface area contributed by atoms with E-state index in [1.54, 1.807) is 37.3 Å². The largest absolute Gasteiger partial charge is 0.507 e. The molecule has 0 fully saturated rings. The van der Waals surface area contributed by atoms with E-state index in [9.17, 15) is 9.90 Å². The fourth-order valence-electron chi connectivity index (χ4n) is 2.97. The molecule has 4 aromatic rings. The Hall–Kier alpha value is -3.93. The minimum atomic E-state index is -0.408. The van der Waals surface area contributed by atoms with Gasteiger partial charge in [-0.2, -0.15) is 10.2 Å². The number of aromatic amines is 1. The first kappa shape index (κ1) is 17.5. The van der Waals surface area contributed by atoms with Gasteiger partial charge in [0.05, 0.1) is 11.4 Å². The van der Waals surface area contributed by atoms with Crippen LogP contribution in [0.15, 0.2) is 77.9 Å². The number of aromatic nitrogens is 2. The number of nitrogens with one attached hydrogen (secondary N) is 2. The third kappa shape index (κ3) is 3.48. The number of hydrogen-bond donors (Lipinski definition) is 3. The number of para-hydroxylation sites is 1. The molecule has 0 radical (unpaired) electrons. The minimum absolute atomic E-state index is 0.109. The van der Waals surface area contributed by atoms with Crippen molar-refractivity contribution < 1.29 is 9.90 Å². The quantitative estimate of drug-likeness (QED) is 0.373. The van der Waals surface area contributed by atoms with Gasteiger partial charge in [-0.25, -0.2) is 5.43 Å². The maximum Gasteiger partial charge on any atom is 0.289 e. The van der Waals surface area contributed by atoms with Crippen molar-refractivity contribution in [3.8, 4) is 17.0 Å². The Kier molecular flexibility index (Phi) is 4.60. The molecule has 0 saturated heterocycles. The van der Waals surface area contributed by atoms with E-state index in [2.05, 4.69) is 20.7 Å². The fourth-order valence-corrected chi connectivity index (χ4v) is 2.97. The van der Waals surface area contributed by atoms with Crippen LogP contribution in [-0.2, 0) is 0 Å². The van der Waals surface area contributed by atoms with Crippen molar-refractivity contribution in [3.05, 3.63) is 84.1 Å². The van der Waals surface area contributed by atoms with Gasteiger partial charge in [-0.05, 0) is 42.0 Å². The second kappa shape index (κ2) is 7.36. The number of fused-ring (bicyclic) bond motifs is 1. The Bertz CT molecular complexity index is 1190. The molecule has 0 saturated carbocycles. The number of carbonyl (C=O) groups is 1. The monoisotopic (exact) mass is 370 g/mol. The molecule has 0 bridgehead atoms. The number of hydrazone groups is 1. The Morgan fingerprint density at radius 1 is 1.00 bits per heavy atom. The van der Waals surface area contributed by atoms with Gasteiger partial charge in [0, 0.05) is 11.1 Å². The summed E-state index contributed by atoms with van der Waals surface area (Å²) in [5.74, 6) is -0.299. The highest BCUT2D eigenvalue weighted by molar-refractivity contribution is 6.02. The molecule has 0 unspecified atom stereocenters. The zero-order valence-electron chi connectivity index (χ0n) is 15.2. The first-order valence-electron chi connectivity index (χ1n) is 8.79. The lowest BCUT2D eigenvalue weighted by atomic mass is 10.1. The number of amides is 1. The van der Waals surface area contributed by atoms with Crippen molar-refractivity contribution in [2.24, 2.45) is 5.10 Å². The van der Waals surface area contributed by atoms with E-state index in [1.165, 1.54) is 0 Å². The average Bonchev–Trinajstić information content (AvgIpc) is 3.22. The first-order valence-corrected chi connectivity index (χ1v) is 8.79. The molecule has 0 aliphatic rings. The number of hydrogen-bond acceptors (Lipinski definition) is 4. The maximum absolute atomic E-state index is 12.4. The first-order chi connectivity index (χ1) is 13.6. The SMILES string of the molecule is C/C(=N/NC(=O)c1cc(-c2ccc3ccccc3c2)n[nH]1)c1ccccc1O. The van der Waals surface area contributed by atoms with Gasteiger partial charge >= 0.3 is 0 Å². The van der Waals surface area contributed by atoms with Crippen molar-refractivity contribution in [2.45, 2.75) is 6.92 Å². The van der Waals surface area contributed by atoms with Gasteiger partial charge in [0.1, 0.15) is 11.4 Å². The summed E-state index contributed by atoms with van der Waals surface area (Å²) in [5.41, 5.74) is 5.45. The number of carbonyl (C=O) groups excluding carboxylic acids is 1. The minimum Gasteiger partial charge on any atom is -0.507 e. The standard InChI is InChI=1S/C22H18N4O2/c1-14(18-8-4-5-9-21(18)27)23-26-22(28)20-13-19(24-25-20)17-11-10-15-6-2-3-7-16(15)12-17/h2-13,27H,1H3,(H,24,25)(H,26,28)/b23-14-. The fraction of sp³-hybridized carbons (Fsp3) is 0.0455. The smallest absolute Gasteiger partial charge is 0.289 e. The molecule has 0 aliphatic carbocycles. The van der Waals surface area contributed by atoms with Gasteiger partial charge in [-0.3, -0.25) is 9.89 Å². The summed E-state index contributed by atoms with van der Waals surface area (Å²) in [6.07, 6.45) is 0. The number of phenolic OH excluding ortho intramolecular Hbond substituents is 1. The maximum atomic E-state index is 12.4. The molecule has 0 aliphatic heterocycles. The van der Waals surface area contributed by atoms with Gasteiger partial charge < -0.3 is 5.11 Å². The van der Waals surface area contributed by atoms with Crippen LogP contribution in [-0.4, -0.2) is 26.9 Å². The number of nitrogens with zero attached hydrogens (tertiary/aromatic N) is 2. The van der Waals surface area contributed by atoms with Crippen LogP contribution >= 0.6 is 0 Å². The topological polar surface area (TPSA) is 90.4 Å². The lowest BCUT2D eigenvalue weighted by Crippen LogP contribution is -2.19. The predicted molar refractivity (Wildman–Crippen MR) is 109 cm³/mol. The van der Waals surface area contributed by atoms with Crippen LogP contribution in [0.3, 0.4) is 0 Å². The van der Waals surface area contributed by atoms with Crippen LogP contribution in [0.2, 0.25) is 0 Å². The van der Waals surface area contributed by atoms with Crippen molar-refractivity contribution in [1.82, 2.24) is 15.6 Å². The van der Waals surface area contributed by atoms with Gasteiger partial charge in [0.25, 0.3) is 5.91 Å². The van der Waals surface area contributed by atoms with Gasteiger partial charge in [0.15, 0.2) is 0 Å². The Morgan fingerprint density at radius 3 is 2.57 bits per heavy atom. The van der Waals surface area contributed by atoms with Crippen molar-refractivity contribution in [1.29, 1.82) is 0 Å². The summed E-state index contributed by atoms with van der Waals surface area (Å²) in [5, 5.41) is 23.2. The molecule has 138 valence electrons. The van der Waals surface area contributed by atoms with E-state index in [0.29, 0.717) is 22.7 Å². The Balaban J connectivity index is 1.52. The molecule has 0 spiro atoms. The summed E-state index contributed by atoms with van der Waals surface area (Å²) in [7, 11) is 0. The van der Waals surface area contributed by atoms with Gasteiger partial charge in [-0.15, -0.1) is 0 Å². The summed E-state index contributed by atoms with van der Waals surface area (Å²) >= 11 is 0. The molecule has 6 heteroatoms. The molecular weight excluding hydrogens is 352 g/mol. The highest BCUT2D eigenvalue weighted by atomic mass is 16.3. The Labute approximate surface area is 161 Å².